The van der Waals surface area contributed by atoms with Gasteiger partial charge in [0.1, 0.15) is 0 Å². The van der Waals surface area contributed by atoms with Crippen molar-refractivity contribution in [1.29, 1.82) is 0 Å². The summed E-state index contributed by atoms with van der Waals surface area (Å²) in [6.07, 6.45) is 0.846. The number of benzene rings is 1. The molecule has 6 heteroatoms. The fraction of sp³-hybridized carbons (Fsp3) is 0.538. The van der Waals surface area contributed by atoms with Crippen LogP contribution in [-0.4, -0.2) is 45.2 Å². The molecule has 0 radical (unpaired) electrons. The Morgan fingerprint density at radius 3 is 2.37 bits per heavy atom. The third kappa shape index (κ3) is 5.91. The maximum absolute atomic E-state index is 11.6. The van der Waals surface area contributed by atoms with E-state index in [0.29, 0.717) is 6.54 Å². The van der Waals surface area contributed by atoms with Gasteiger partial charge < -0.3 is 5.32 Å². The molecule has 1 aromatic rings. The van der Waals surface area contributed by atoms with Gasteiger partial charge in [0.25, 0.3) is 0 Å². The first-order chi connectivity index (χ1) is 8.81. The van der Waals surface area contributed by atoms with Gasteiger partial charge in [0.15, 0.2) is 0 Å². The van der Waals surface area contributed by atoms with Crippen molar-refractivity contribution in [1.82, 2.24) is 9.62 Å². The van der Waals surface area contributed by atoms with Crippen LogP contribution in [0.1, 0.15) is 12.5 Å². The summed E-state index contributed by atoms with van der Waals surface area (Å²) in [6.45, 7) is 2.49. The van der Waals surface area contributed by atoms with Crippen molar-refractivity contribution in [2.75, 3.05) is 26.4 Å². The number of rotatable bonds is 7. The Morgan fingerprint density at radius 2 is 1.84 bits per heavy atom. The second-order valence-corrected chi connectivity index (χ2v) is 7.52. The first-order valence-electron chi connectivity index (χ1n) is 6.19. The second kappa shape index (κ2) is 7.24. The van der Waals surface area contributed by atoms with Crippen molar-refractivity contribution in [3.8, 4) is 0 Å². The number of halogens is 1. The fourth-order valence-electron chi connectivity index (χ4n) is 1.66. The van der Waals surface area contributed by atoms with Crippen LogP contribution < -0.4 is 5.32 Å². The van der Waals surface area contributed by atoms with Gasteiger partial charge in [0.2, 0.25) is 10.0 Å². The molecule has 1 unspecified atom stereocenters. The van der Waals surface area contributed by atoms with Crippen LogP contribution in [0.4, 0.5) is 0 Å². The summed E-state index contributed by atoms with van der Waals surface area (Å²) in [5.41, 5.74) is 1.18. The lowest BCUT2D eigenvalue weighted by molar-refractivity contribution is 0.509. The molecule has 0 bridgehead atoms. The predicted molar refractivity (Wildman–Crippen MR) is 80.1 cm³/mol. The van der Waals surface area contributed by atoms with Crippen LogP contribution in [0.5, 0.6) is 0 Å². The highest BCUT2D eigenvalue weighted by molar-refractivity contribution is 7.89. The zero-order valence-electron chi connectivity index (χ0n) is 11.6. The highest BCUT2D eigenvalue weighted by Crippen LogP contribution is 2.10. The normalized spacial score (nSPS) is 13.7. The van der Waals surface area contributed by atoms with Gasteiger partial charge in [-0.2, -0.15) is 0 Å². The third-order valence-electron chi connectivity index (χ3n) is 2.86. The van der Waals surface area contributed by atoms with E-state index in [1.54, 1.807) is 14.1 Å². The van der Waals surface area contributed by atoms with Gasteiger partial charge in [-0.25, -0.2) is 12.7 Å². The van der Waals surface area contributed by atoms with E-state index < -0.39 is 10.0 Å². The zero-order chi connectivity index (χ0) is 14.5. The number of hydrogen-bond donors (Lipinski definition) is 1. The van der Waals surface area contributed by atoms with E-state index in [1.807, 2.05) is 31.2 Å². The average Bonchev–Trinajstić information content (AvgIpc) is 2.31. The van der Waals surface area contributed by atoms with E-state index in [9.17, 15) is 8.42 Å². The van der Waals surface area contributed by atoms with Gasteiger partial charge in [-0.05, 0) is 31.0 Å². The van der Waals surface area contributed by atoms with Gasteiger partial charge in [0, 0.05) is 31.7 Å². The fourth-order valence-corrected chi connectivity index (χ4v) is 2.53. The molecule has 0 saturated heterocycles. The van der Waals surface area contributed by atoms with E-state index in [4.69, 9.17) is 11.6 Å². The molecule has 1 N–H and O–H groups in total. The summed E-state index contributed by atoms with van der Waals surface area (Å²) in [5.74, 6) is 0.116. The maximum atomic E-state index is 11.6. The lowest BCUT2D eigenvalue weighted by atomic mass is 10.1. The SMILES string of the molecule is CC(Cc1ccc(Cl)cc1)NCCS(=O)(=O)N(C)C. The highest BCUT2D eigenvalue weighted by Gasteiger charge is 2.13. The van der Waals surface area contributed by atoms with Crippen LogP contribution in [0.2, 0.25) is 5.02 Å². The van der Waals surface area contributed by atoms with E-state index in [0.717, 1.165) is 11.4 Å². The highest BCUT2D eigenvalue weighted by atomic mass is 35.5. The molecule has 0 aliphatic heterocycles. The zero-order valence-corrected chi connectivity index (χ0v) is 13.1. The molecule has 0 aliphatic rings. The minimum atomic E-state index is -3.12. The molecule has 0 aliphatic carbocycles. The van der Waals surface area contributed by atoms with Crippen molar-refractivity contribution >= 4 is 21.6 Å². The molecule has 4 nitrogen and oxygen atoms in total. The summed E-state index contributed by atoms with van der Waals surface area (Å²) in [4.78, 5) is 0. The minimum absolute atomic E-state index is 0.116. The standard InChI is InChI=1S/C13H21ClN2O2S/c1-11(10-12-4-6-13(14)7-5-12)15-8-9-19(17,18)16(2)3/h4-7,11,15H,8-10H2,1-3H3. The molecule has 0 fully saturated rings. The molecule has 1 rings (SSSR count). The van der Waals surface area contributed by atoms with Gasteiger partial charge in [0.05, 0.1) is 5.75 Å². The van der Waals surface area contributed by atoms with Crippen LogP contribution in [0, 0.1) is 0 Å². The third-order valence-corrected chi connectivity index (χ3v) is 4.95. The van der Waals surface area contributed by atoms with Gasteiger partial charge in [-0.1, -0.05) is 23.7 Å². The van der Waals surface area contributed by atoms with Crippen molar-refractivity contribution in [2.45, 2.75) is 19.4 Å². The Bertz CT molecular complexity index is 486. The minimum Gasteiger partial charge on any atom is -0.313 e. The first kappa shape index (κ1) is 16.4. The van der Waals surface area contributed by atoms with Crippen LogP contribution in [0.3, 0.4) is 0 Å². The monoisotopic (exact) mass is 304 g/mol. The summed E-state index contributed by atoms with van der Waals surface area (Å²) in [5, 5.41) is 3.94. The molecule has 0 spiro atoms. The predicted octanol–water partition coefficient (Wildman–Crippen LogP) is 1.75. The maximum Gasteiger partial charge on any atom is 0.214 e. The number of nitrogens with one attached hydrogen (secondary N) is 1. The summed E-state index contributed by atoms with van der Waals surface area (Å²) in [6, 6.07) is 7.91. The summed E-state index contributed by atoms with van der Waals surface area (Å²) >= 11 is 5.82. The summed E-state index contributed by atoms with van der Waals surface area (Å²) < 4.78 is 24.4. The molecule has 0 heterocycles. The lowest BCUT2D eigenvalue weighted by Gasteiger charge is -2.16. The molecule has 1 atom stereocenters. The Labute approximate surface area is 120 Å². The van der Waals surface area contributed by atoms with Crippen molar-refractivity contribution < 1.29 is 8.42 Å². The number of sulfonamides is 1. The van der Waals surface area contributed by atoms with Crippen molar-refractivity contribution in [3.05, 3.63) is 34.9 Å². The van der Waals surface area contributed by atoms with E-state index in [1.165, 1.54) is 9.87 Å². The van der Waals surface area contributed by atoms with Crippen LogP contribution in [-0.2, 0) is 16.4 Å². The quantitative estimate of drug-likeness (QED) is 0.835. The Hall–Kier alpha value is -0.620. The molecule has 19 heavy (non-hydrogen) atoms. The Kier molecular flexibility index (Phi) is 6.26. The Balaban J connectivity index is 2.36. The molecule has 0 aromatic heterocycles. The van der Waals surface area contributed by atoms with Gasteiger partial charge in [-0.3, -0.25) is 0 Å². The number of hydrogen-bond acceptors (Lipinski definition) is 3. The van der Waals surface area contributed by atoms with E-state index >= 15 is 0 Å². The largest absolute Gasteiger partial charge is 0.313 e. The van der Waals surface area contributed by atoms with Gasteiger partial charge in [-0.15, -0.1) is 0 Å². The molecule has 0 saturated carbocycles. The van der Waals surface area contributed by atoms with Crippen LogP contribution in [0.15, 0.2) is 24.3 Å². The number of nitrogens with zero attached hydrogens (tertiary/aromatic N) is 1. The van der Waals surface area contributed by atoms with Crippen molar-refractivity contribution in [2.24, 2.45) is 0 Å². The smallest absolute Gasteiger partial charge is 0.214 e. The lowest BCUT2D eigenvalue weighted by Crippen LogP contribution is -2.35. The molecule has 1 aromatic carbocycles. The topological polar surface area (TPSA) is 49.4 Å². The summed E-state index contributed by atoms with van der Waals surface area (Å²) in [7, 11) is -0.0228. The second-order valence-electron chi connectivity index (χ2n) is 4.78. The molecule has 108 valence electrons. The Morgan fingerprint density at radius 1 is 1.26 bits per heavy atom. The van der Waals surface area contributed by atoms with E-state index in [-0.39, 0.29) is 11.8 Å². The average molecular weight is 305 g/mol. The van der Waals surface area contributed by atoms with Crippen LogP contribution >= 0.6 is 11.6 Å². The van der Waals surface area contributed by atoms with Crippen LogP contribution in [0.25, 0.3) is 0 Å². The molecule has 0 amide bonds. The molecular weight excluding hydrogens is 284 g/mol. The first-order valence-corrected chi connectivity index (χ1v) is 8.18. The van der Waals surface area contributed by atoms with Crippen molar-refractivity contribution in [3.63, 3.8) is 0 Å². The van der Waals surface area contributed by atoms with Gasteiger partial charge >= 0.3 is 0 Å². The van der Waals surface area contributed by atoms with E-state index in [2.05, 4.69) is 5.32 Å². The molecular formula is C13H21ClN2O2S.